The van der Waals surface area contributed by atoms with Gasteiger partial charge in [-0.05, 0) is 0 Å². The van der Waals surface area contributed by atoms with Crippen LogP contribution < -0.4 is 0 Å². The van der Waals surface area contributed by atoms with E-state index in [4.69, 9.17) is 0 Å². The van der Waals surface area contributed by atoms with Gasteiger partial charge in [-0.25, -0.2) is 4.79 Å². The zero-order chi connectivity index (χ0) is 9.84. The van der Waals surface area contributed by atoms with Crippen molar-refractivity contribution in [2.75, 3.05) is 7.11 Å². The Bertz CT molecular complexity index is 272. The van der Waals surface area contributed by atoms with Gasteiger partial charge in [0.05, 0.1) is 13.3 Å². The van der Waals surface area contributed by atoms with Gasteiger partial charge < -0.3 is 14.9 Å². The molecule has 0 aliphatic carbocycles. The number of aliphatic hydroxyl groups excluding tert-OH is 2. The van der Waals surface area contributed by atoms with Gasteiger partial charge in [0.25, 0.3) is 0 Å². The third-order valence-corrected chi connectivity index (χ3v) is 1.60. The Balaban J connectivity index is 2.68. The summed E-state index contributed by atoms with van der Waals surface area (Å²) in [7, 11) is 1.13. The number of methoxy groups -OCH3 is 1. The molecule has 0 aromatic carbocycles. The molecule has 0 aliphatic heterocycles. The van der Waals surface area contributed by atoms with Crippen LogP contribution in [0.2, 0.25) is 0 Å². The van der Waals surface area contributed by atoms with Crippen molar-refractivity contribution in [1.29, 1.82) is 0 Å². The van der Waals surface area contributed by atoms with Crippen LogP contribution in [0.4, 0.5) is 0 Å². The van der Waals surface area contributed by atoms with Crippen molar-refractivity contribution >= 4 is 5.97 Å². The van der Waals surface area contributed by atoms with E-state index in [1.54, 1.807) is 0 Å². The normalized spacial score (nSPS) is 15.0. The van der Waals surface area contributed by atoms with Crippen LogP contribution in [0.3, 0.4) is 0 Å². The van der Waals surface area contributed by atoms with Gasteiger partial charge in [0.2, 0.25) is 0 Å². The average Bonchev–Trinajstić information content (AvgIpc) is 2.67. The topological polar surface area (TPSA) is 95.4 Å². The first kappa shape index (κ1) is 9.69. The number of esters is 1. The molecule has 72 valence electrons. The minimum Gasteiger partial charge on any atom is -0.467 e. The molecule has 0 fully saturated rings. The van der Waals surface area contributed by atoms with Crippen LogP contribution in [-0.2, 0) is 9.53 Å². The molecule has 0 saturated heterocycles. The SMILES string of the molecule is COC(=O)C(O)C(O)c1cn[nH]c1. The van der Waals surface area contributed by atoms with Crippen LogP contribution >= 0.6 is 0 Å². The number of nitrogens with zero attached hydrogens (tertiary/aromatic N) is 1. The van der Waals surface area contributed by atoms with Crippen LogP contribution in [-0.4, -0.2) is 39.6 Å². The van der Waals surface area contributed by atoms with Gasteiger partial charge >= 0.3 is 5.97 Å². The number of ether oxygens (including phenoxy) is 1. The summed E-state index contributed by atoms with van der Waals surface area (Å²) in [6.45, 7) is 0. The van der Waals surface area contributed by atoms with Crippen molar-refractivity contribution in [2.45, 2.75) is 12.2 Å². The fourth-order valence-corrected chi connectivity index (χ4v) is 0.855. The predicted molar refractivity (Wildman–Crippen MR) is 41.6 cm³/mol. The van der Waals surface area contributed by atoms with E-state index in [1.165, 1.54) is 12.4 Å². The maximum absolute atomic E-state index is 10.8. The van der Waals surface area contributed by atoms with Gasteiger partial charge in [0.1, 0.15) is 6.10 Å². The van der Waals surface area contributed by atoms with Crippen molar-refractivity contribution < 1.29 is 19.7 Å². The summed E-state index contributed by atoms with van der Waals surface area (Å²) in [5.41, 5.74) is 0.331. The molecule has 0 saturated carbocycles. The Morgan fingerprint density at radius 3 is 2.85 bits per heavy atom. The van der Waals surface area contributed by atoms with Gasteiger partial charge in [-0.15, -0.1) is 0 Å². The molecule has 0 aliphatic rings. The summed E-state index contributed by atoms with van der Waals surface area (Å²) in [4.78, 5) is 10.8. The van der Waals surface area contributed by atoms with Crippen LogP contribution in [0, 0.1) is 0 Å². The number of nitrogens with one attached hydrogen (secondary N) is 1. The number of aromatic amines is 1. The average molecular weight is 186 g/mol. The maximum Gasteiger partial charge on any atom is 0.337 e. The van der Waals surface area contributed by atoms with Gasteiger partial charge in [0.15, 0.2) is 6.10 Å². The van der Waals surface area contributed by atoms with Crippen molar-refractivity contribution in [3.63, 3.8) is 0 Å². The second kappa shape index (κ2) is 4.01. The van der Waals surface area contributed by atoms with E-state index < -0.39 is 18.2 Å². The summed E-state index contributed by atoms with van der Waals surface area (Å²) in [5, 5.41) is 24.6. The van der Waals surface area contributed by atoms with Crippen LogP contribution in [0.1, 0.15) is 11.7 Å². The smallest absolute Gasteiger partial charge is 0.337 e. The highest BCUT2D eigenvalue weighted by atomic mass is 16.5. The second-order valence-corrected chi connectivity index (χ2v) is 2.44. The van der Waals surface area contributed by atoms with Crippen LogP contribution in [0.5, 0.6) is 0 Å². The van der Waals surface area contributed by atoms with Crippen molar-refractivity contribution in [1.82, 2.24) is 10.2 Å². The predicted octanol–water partition coefficient (Wildman–Crippen LogP) is -1.02. The fraction of sp³-hybridized carbons (Fsp3) is 0.429. The van der Waals surface area contributed by atoms with Crippen molar-refractivity contribution in [3.8, 4) is 0 Å². The molecule has 0 spiro atoms. The van der Waals surface area contributed by atoms with E-state index in [1.807, 2.05) is 0 Å². The van der Waals surface area contributed by atoms with Crippen molar-refractivity contribution in [3.05, 3.63) is 18.0 Å². The number of hydrogen-bond acceptors (Lipinski definition) is 5. The summed E-state index contributed by atoms with van der Waals surface area (Å²) >= 11 is 0. The summed E-state index contributed by atoms with van der Waals surface area (Å²) in [6.07, 6.45) is -0.193. The fourth-order valence-electron chi connectivity index (χ4n) is 0.855. The monoisotopic (exact) mass is 186 g/mol. The lowest BCUT2D eigenvalue weighted by molar-refractivity contribution is -0.156. The molecule has 6 nitrogen and oxygen atoms in total. The Morgan fingerprint density at radius 2 is 2.38 bits per heavy atom. The van der Waals surface area contributed by atoms with Gasteiger partial charge in [-0.1, -0.05) is 0 Å². The van der Waals surface area contributed by atoms with E-state index in [2.05, 4.69) is 14.9 Å². The first-order valence-electron chi connectivity index (χ1n) is 3.59. The largest absolute Gasteiger partial charge is 0.467 e. The highest BCUT2D eigenvalue weighted by molar-refractivity contribution is 5.75. The second-order valence-electron chi connectivity index (χ2n) is 2.44. The molecule has 2 unspecified atom stereocenters. The zero-order valence-electron chi connectivity index (χ0n) is 6.97. The number of rotatable bonds is 3. The quantitative estimate of drug-likeness (QED) is 0.525. The van der Waals surface area contributed by atoms with E-state index in [9.17, 15) is 15.0 Å². The zero-order valence-corrected chi connectivity index (χ0v) is 6.97. The Kier molecular flexibility index (Phi) is 2.99. The third-order valence-electron chi connectivity index (χ3n) is 1.60. The number of carbonyl (C=O) groups excluding carboxylic acids is 1. The number of aromatic nitrogens is 2. The number of carbonyl (C=O) groups is 1. The molecule has 3 N–H and O–H groups in total. The molecular formula is C7H10N2O4. The summed E-state index contributed by atoms with van der Waals surface area (Å²) in [5.74, 6) is -0.881. The highest BCUT2D eigenvalue weighted by Gasteiger charge is 2.26. The van der Waals surface area contributed by atoms with Crippen molar-refractivity contribution in [2.24, 2.45) is 0 Å². The first-order chi connectivity index (χ1) is 6.16. The Morgan fingerprint density at radius 1 is 1.69 bits per heavy atom. The van der Waals surface area contributed by atoms with Gasteiger partial charge in [0, 0.05) is 11.8 Å². The van der Waals surface area contributed by atoms with Gasteiger partial charge in [-0.2, -0.15) is 5.10 Å². The molecule has 0 amide bonds. The standard InChI is InChI=1S/C7H10N2O4/c1-13-7(12)6(11)5(10)4-2-8-9-3-4/h2-3,5-6,10-11H,1H3,(H,8,9). The molecule has 1 aromatic heterocycles. The molecular weight excluding hydrogens is 176 g/mol. The molecule has 0 radical (unpaired) electrons. The number of aliphatic hydroxyl groups is 2. The molecule has 2 atom stereocenters. The number of H-pyrrole nitrogens is 1. The minimum atomic E-state index is -1.58. The van der Waals surface area contributed by atoms with E-state index in [0.29, 0.717) is 5.56 Å². The molecule has 1 heterocycles. The molecule has 6 heteroatoms. The Labute approximate surface area is 74.2 Å². The highest BCUT2D eigenvalue weighted by Crippen LogP contribution is 2.15. The maximum atomic E-state index is 10.8. The van der Waals surface area contributed by atoms with E-state index in [-0.39, 0.29) is 0 Å². The lowest BCUT2D eigenvalue weighted by Crippen LogP contribution is -2.28. The molecule has 1 aromatic rings. The van der Waals surface area contributed by atoms with Gasteiger partial charge in [-0.3, -0.25) is 5.10 Å². The minimum absolute atomic E-state index is 0.331. The third kappa shape index (κ3) is 2.04. The summed E-state index contributed by atoms with van der Waals surface area (Å²) in [6, 6.07) is 0. The van der Waals surface area contributed by atoms with E-state index >= 15 is 0 Å². The first-order valence-corrected chi connectivity index (χ1v) is 3.59. The Hall–Kier alpha value is -1.40. The molecule has 13 heavy (non-hydrogen) atoms. The van der Waals surface area contributed by atoms with Crippen LogP contribution in [0.25, 0.3) is 0 Å². The molecule has 0 bridgehead atoms. The molecule has 1 rings (SSSR count). The summed E-state index contributed by atoms with van der Waals surface area (Å²) < 4.78 is 4.25. The van der Waals surface area contributed by atoms with E-state index in [0.717, 1.165) is 7.11 Å². The lowest BCUT2D eigenvalue weighted by Gasteiger charge is -2.13. The number of hydrogen-bond donors (Lipinski definition) is 3. The van der Waals surface area contributed by atoms with Crippen LogP contribution in [0.15, 0.2) is 12.4 Å². The lowest BCUT2D eigenvalue weighted by atomic mass is 10.1.